The van der Waals surface area contributed by atoms with Crippen LogP contribution < -0.4 is 19.5 Å². The molecule has 0 fully saturated rings. The Labute approximate surface area is 162 Å². The van der Waals surface area contributed by atoms with Crippen LogP contribution in [0.5, 0.6) is 17.2 Å². The largest absolute Gasteiger partial charge is 0.497 e. The Morgan fingerprint density at radius 1 is 1.18 bits per heavy atom. The summed E-state index contributed by atoms with van der Waals surface area (Å²) in [5.41, 5.74) is -0.0340. The molecule has 9 nitrogen and oxygen atoms in total. The molecule has 2 aromatic rings. The molecule has 0 aromatic heterocycles. The second-order valence-electron chi connectivity index (χ2n) is 5.71. The van der Waals surface area contributed by atoms with Crippen molar-refractivity contribution in [2.24, 2.45) is 0 Å². The molecule has 0 saturated carbocycles. The lowest BCUT2D eigenvalue weighted by molar-refractivity contribution is -0.385. The van der Waals surface area contributed by atoms with Crippen molar-refractivity contribution < 1.29 is 29.0 Å². The number of aliphatic hydroxyl groups is 1. The fourth-order valence-electron chi connectivity index (χ4n) is 2.54. The molecule has 0 aliphatic carbocycles. The minimum absolute atomic E-state index is 0.127. The highest BCUT2D eigenvalue weighted by Gasteiger charge is 2.25. The molecular formula is C19H22N2O7. The van der Waals surface area contributed by atoms with E-state index >= 15 is 0 Å². The molecule has 0 saturated heterocycles. The Morgan fingerprint density at radius 2 is 1.86 bits per heavy atom. The Bertz CT molecular complexity index is 837. The Morgan fingerprint density at radius 3 is 2.39 bits per heavy atom. The first kappa shape index (κ1) is 21.0. The molecule has 2 N–H and O–H groups in total. The number of amides is 1. The van der Waals surface area contributed by atoms with Crippen LogP contribution in [-0.2, 0) is 0 Å². The molecule has 2 aromatic carbocycles. The number of hydrogen-bond donors (Lipinski definition) is 2. The SMILES string of the molecule is CCOc1cc(C(=O)NCC(O)c2ccc(OC)cc2)c([N+](=O)[O-])cc1OC. The van der Waals surface area contributed by atoms with Crippen LogP contribution in [0.4, 0.5) is 5.69 Å². The van der Waals surface area contributed by atoms with Crippen molar-refractivity contribution in [3.63, 3.8) is 0 Å². The van der Waals surface area contributed by atoms with E-state index in [9.17, 15) is 20.0 Å². The Kier molecular flexibility index (Phi) is 7.16. The lowest BCUT2D eigenvalue weighted by Crippen LogP contribution is -2.29. The van der Waals surface area contributed by atoms with Gasteiger partial charge in [-0.15, -0.1) is 0 Å². The Hall–Kier alpha value is -3.33. The van der Waals surface area contributed by atoms with E-state index in [0.717, 1.165) is 6.07 Å². The zero-order valence-corrected chi connectivity index (χ0v) is 15.8. The number of aliphatic hydroxyl groups excluding tert-OH is 1. The lowest BCUT2D eigenvalue weighted by atomic mass is 10.1. The van der Waals surface area contributed by atoms with E-state index in [0.29, 0.717) is 17.9 Å². The molecule has 0 bridgehead atoms. The maximum absolute atomic E-state index is 12.5. The predicted octanol–water partition coefficient (Wildman–Crippen LogP) is 2.47. The van der Waals surface area contributed by atoms with Crippen molar-refractivity contribution in [1.29, 1.82) is 0 Å². The first-order valence-corrected chi connectivity index (χ1v) is 8.50. The van der Waals surface area contributed by atoms with Crippen molar-refractivity contribution in [2.75, 3.05) is 27.4 Å². The molecule has 150 valence electrons. The van der Waals surface area contributed by atoms with Crippen molar-refractivity contribution in [3.05, 3.63) is 57.6 Å². The van der Waals surface area contributed by atoms with E-state index in [1.54, 1.807) is 31.2 Å². The second kappa shape index (κ2) is 9.56. The van der Waals surface area contributed by atoms with Crippen LogP contribution in [0.15, 0.2) is 36.4 Å². The summed E-state index contributed by atoms with van der Waals surface area (Å²) in [6.07, 6.45) is -0.987. The summed E-state index contributed by atoms with van der Waals surface area (Å²) in [4.78, 5) is 23.2. The summed E-state index contributed by atoms with van der Waals surface area (Å²) >= 11 is 0. The molecule has 1 atom stereocenters. The molecular weight excluding hydrogens is 368 g/mol. The molecule has 0 aliphatic heterocycles. The number of benzene rings is 2. The quantitative estimate of drug-likeness (QED) is 0.498. The van der Waals surface area contributed by atoms with E-state index in [2.05, 4.69) is 5.32 Å². The predicted molar refractivity (Wildman–Crippen MR) is 101 cm³/mol. The lowest BCUT2D eigenvalue weighted by Gasteiger charge is -2.14. The van der Waals surface area contributed by atoms with Gasteiger partial charge in [0.2, 0.25) is 0 Å². The molecule has 0 spiro atoms. The molecule has 9 heteroatoms. The van der Waals surface area contributed by atoms with Crippen molar-refractivity contribution in [2.45, 2.75) is 13.0 Å². The third-order valence-corrected chi connectivity index (χ3v) is 3.98. The molecule has 1 amide bonds. The molecule has 0 aliphatic rings. The highest BCUT2D eigenvalue weighted by atomic mass is 16.6. The van der Waals surface area contributed by atoms with Gasteiger partial charge in [0.25, 0.3) is 11.6 Å². The average Bonchev–Trinajstić information content (AvgIpc) is 2.71. The number of hydrogen-bond acceptors (Lipinski definition) is 7. The van der Waals surface area contributed by atoms with Crippen LogP contribution in [0.3, 0.4) is 0 Å². The van der Waals surface area contributed by atoms with Crippen LogP contribution in [0.25, 0.3) is 0 Å². The van der Waals surface area contributed by atoms with Gasteiger partial charge in [0, 0.05) is 12.6 Å². The number of nitro groups is 1. The number of nitrogens with one attached hydrogen (secondary N) is 1. The monoisotopic (exact) mass is 390 g/mol. The number of methoxy groups -OCH3 is 2. The number of carbonyl (C=O) groups is 1. The molecule has 0 heterocycles. The van der Waals surface area contributed by atoms with Gasteiger partial charge >= 0.3 is 0 Å². The average molecular weight is 390 g/mol. The van der Waals surface area contributed by atoms with E-state index in [4.69, 9.17) is 14.2 Å². The zero-order chi connectivity index (χ0) is 20.7. The van der Waals surface area contributed by atoms with Gasteiger partial charge in [0.15, 0.2) is 11.5 Å². The van der Waals surface area contributed by atoms with E-state index in [-0.39, 0.29) is 23.6 Å². The summed E-state index contributed by atoms with van der Waals surface area (Å²) in [7, 11) is 2.89. The zero-order valence-electron chi connectivity index (χ0n) is 15.8. The first-order chi connectivity index (χ1) is 13.4. The van der Waals surface area contributed by atoms with Crippen molar-refractivity contribution in [3.8, 4) is 17.2 Å². The van der Waals surface area contributed by atoms with Gasteiger partial charge < -0.3 is 24.6 Å². The van der Waals surface area contributed by atoms with Gasteiger partial charge in [0.1, 0.15) is 11.3 Å². The van der Waals surface area contributed by atoms with Crippen molar-refractivity contribution >= 4 is 11.6 Å². The smallest absolute Gasteiger partial charge is 0.286 e. The highest BCUT2D eigenvalue weighted by molar-refractivity contribution is 5.99. The number of ether oxygens (including phenoxy) is 3. The van der Waals surface area contributed by atoms with Crippen LogP contribution >= 0.6 is 0 Å². The highest BCUT2D eigenvalue weighted by Crippen LogP contribution is 2.34. The van der Waals surface area contributed by atoms with Gasteiger partial charge in [-0.3, -0.25) is 14.9 Å². The summed E-state index contributed by atoms with van der Waals surface area (Å²) in [5.74, 6) is 0.306. The number of carbonyl (C=O) groups excluding carboxylic acids is 1. The number of nitrogens with zero attached hydrogens (tertiary/aromatic N) is 1. The summed E-state index contributed by atoms with van der Waals surface area (Å²) in [6, 6.07) is 9.10. The van der Waals surface area contributed by atoms with Gasteiger partial charge in [0.05, 0.1) is 37.9 Å². The minimum Gasteiger partial charge on any atom is -0.497 e. The minimum atomic E-state index is -0.987. The second-order valence-corrected chi connectivity index (χ2v) is 5.71. The van der Waals surface area contributed by atoms with Crippen LogP contribution in [0.2, 0.25) is 0 Å². The number of nitro benzene ring substituents is 1. The van der Waals surface area contributed by atoms with Crippen LogP contribution in [0, 0.1) is 10.1 Å². The van der Waals surface area contributed by atoms with E-state index in [1.807, 2.05) is 0 Å². The summed E-state index contributed by atoms with van der Waals surface area (Å²) in [5, 5.41) is 24.1. The standard InChI is InChI=1S/C19H22N2O7/c1-4-28-18-9-14(15(21(24)25)10-17(18)27-3)19(23)20-11-16(22)12-5-7-13(26-2)8-6-12/h5-10,16,22H,4,11H2,1-3H3,(H,20,23). The van der Waals surface area contributed by atoms with Gasteiger partial charge in [-0.25, -0.2) is 0 Å². The summed E-state index contributed by atoms with van der Waals surface area (Å²) in [6.45, 7) is 1.91. The molecule has 2 rings (SSSR count). The maximum Gasteiger partial charge on any atom is 0.286 e. The number of rotatable bonds is 9. The maximum atomic E-state index is 12.5. The van der Waals surface area contributed by atoms with E-state index in [1.165, 1.54) is 20.3 Å². The first-order valence-electron chi connectivity index (χ1n) is 8.50. The molecule has 0 radical (unpaired) electrons. The van der Waals surface area contributed by atoms with Gasteiger partial charge in [-0.2, -0.15) is 0 Å². The van der Waals surface area contributed by atoms with Crippen LogP contribution in [-0.4, -0.2) is 43.3 Å². The topological polar surface area (TPSA) is 120 Å². The van der Waals surface area contributed by atoms with Gasteiger partial charge in [-0.1, -0.05) is 12.1 Å². The summed E-state index contributed by atoms with van der Waals surface area (Å²) < 4.78 is 15.5. The fourth-order valence-corrected chi connectivity index (χ4v) is 2.54. The third kappa shape index (κ3) is 4.89. The Balaban J connectivity index is 2.19. The van der Waals surface area contributed by atoms with Crippen molar-refractivity contribution in [1.82, 2.24) is 5.32 Å². The normalized spacial score (nSPS) is 11.4. The third-order valence-electron chi connectivity index (χ3n) is 3.98. The van der Waals surface area contributed by atoms with Gasteiger partial charge in [-0.05, 0) is 24.6 Å². The molecule has 28 heavy (non-hydrogen) atoms. The van der Waals surface area contributed by atoms with E-state index < -0.39 is 22.6 Å². The fraction of sp³-hybridized carbons (Fsp3) is 0.316. The van der Waals surface area contributed by atoms with Crippen LogP contribution in [0.1, 0.15) is 28.9 Å². The molecule has 1 unspecified atom stereocenters.